The Hall–Kier alpha value is -4.85. The molecule has 0 aliphatic carbocycles. The summed E-state index contributed by atoms with van der Waals surface area (Å²) in [6.07, 6.45) is -2.04. The molecule has 18 N–H and O–H groups in total. The van der Waals surface area contributed by atoms with Crippen LogP contribution in [-0.4, -0.2) is 331 Å². The Morgan fingerprint density at radius 2 is 0.704 bits per heavy atom. The van der Waals surface area contributed by atoms with Gasteiger partial charge in [-0.05, 0) is 77.0 Å². The predicted octanol–water partition coefficient (Wildman–Crippen LogP) is -1.43. The zero-order valence-electron chi connectivity index (χ0n) is 67.6. The molecular weight excluding hydrogens is 1540 g/mol. The summed E-state index contributed by atoms with van der Waals surface area (Å²) in [5.74, 6) is -3.81. The van der Waals surface area contributed by atoms with Crippen LogP contribution in [0.1, 0.15) is 188 Å². The van der Waals surface area contributed by atoms with E-state index in [1.807, 2.05) is 0 Å². The summed E-state index contributed by atoms with van der Waals surface area (Å²) in [5, 5.41) is 120. The second-order valence-electron chi connectivity index (χ2n) is 30.4. The summed E-state index contributed by atoms with van der Waals surface area (Å²) in [6, 6.07) is -0.520. The summed E-state index contributed by atoms with van der Waals surface area (Å²) in [4.78, 5) is 115. The standard InChI is InChI=1S/C76H138N8O30P/c1-51-67(97)70(100)56(44-85)112-73(51)108-36-16-13-22-59(89)77-30-19-33-80-62(92)27-39-105-48-76(83-65(95)25-11-9-7-5-6-8-10-12-26-66(96)84-43-55(88)42-54(84)47-111-115(4,103)104,49-106-40-28-63(93)81-34-20-31-78-60(90)23-14-17-37-109-74-52(2)68(98)71(101)57(45-86)113-74)50-107-41-29-64(94)82-35-21-32-79-61(91)24-15-18-38-110-75-53(3)69(99)72(102)58(46-87)114-75/h51-58,67-75,85-88,97-102H,4-50H2,1-3H3,(H,77,89)(H,78,90)(H,79,91)(H,80,92)(H,81,93)(H,82,94)(H,83,95)(H,103,104)/q-1/t51?,52?,53?,54-,55+,56?,57?,58?,67?,68?,69?,70?,71?,72?,73?,74?,75?,76?/m0/s1. The van der Waals surface area contributed by atoms with E-state index in [2.05, 4.69) is 43.9 Å². The Labute approximate surface area is 675 Å². The van der Waals surface area contributed by atoms with Crippen molar-refractivity contribution in [2.45, 2.75) is 279 Å². The summed E-state index contributed by atoms with van der Waals surface area (Å²) in [6.45, 7) is 7.75. The molecule has 0 saturated carbocycles. The molecule has 4 fully saturated rings. The van der Waals surface area contributed by atoms with Gasteiger partial charge in [-0.3, -0.25) is 42.9 Å². The monoisotopic (exact) mass is 1670 g/mol. The molecule has 4 aliphatic heterocycles. The minimum absolute atomic E-state index is 0.0922. The lowest BCUT2D eigenvalue weighted by molar-refractivity contribution is -0.282. The van der Waals surface area contributed by atoms with Crippen LogP contribution in [0, 0.1) is 24.4 Å². The lowest BCUT2D eigenvalue weighted by atomic mass is 9.92. The second kappa shape index (κ2) is 58.2. The van der Waals surface area contributed by atoms with E-state index in [1.165, 1.54) is 4.90 Å². The summed E-state index contributed by atoms with van der Waals surface area (Å²) >= 11 is 0. The molecule has 18 atom stereocenters. The molecule has 4 rings (SSSR count). The maximum Gasteiger partial charge on any atom is 0.222 e. The number of aliphatic hydroxyl groups excluding tert-OH is 10. The molecule has 4 heterocycles. The number of unbranched alkanes of at least 4 members (excludes halogenated alkanes) is 10. The molecule has 0 bridgehead atoms. The van der Waals surface area contributed by atoms with Crippen LogP contribution < -0.4 is 37.2 Å². The fourth-order valence-electron chi connectivity index (χ4n) is 13.4. The molecule has 4 saturated heterocycles. The summed E-state index contributed by atoms with van der Waals surface area (Å²) in [7, 11) is -4.00. The van der Waals surface area contributed by atoms with Crippen molar-refractivity contribution in [3.63, 3.8) is 0 Å². The van der Waals surface area contributed by atoms with Gasteiger partial charge < -0.3 is 145 Å². The number of β-amino-alcohol motifs (C(OH)–C–C–N with tert-alkyl or cyclic N) is 1. The fourth-order valence-corrected chi connectivity index (χ4v) is 13.8. The van der Waals surface area contributed by atoms with E-state index in [9.17, 15) is 98.9 Å². The fraction of sp³-hybridized carbons (Fsp3) is 0.882. The third-order valence-corrected chi connectivity index (χ3v) is 21.0. The minimum Gasteiger partial charge on any atom is -0.394 e. The van der Waals surface area contributed by atoms with Crippen molar-refractivity contribution < 1.29 is 146 Å². The van der Waals surface area contributed by atoms with Gasteiger partial charge in [0.1, 0.15) is 42.2 Å². The lowest BCUT2D eigenvalue weighted by Crippen LogP contribution is -2.58. The highest BCUT2D eigenvalue weighted by atomic mass is 31.2. The highest BCUT2D eigenvalue weighted by Crippen LogP contribution is 2.40. The Morgan fingerprint density at radius 1 is 0.409 bits per heavy atom. The van der Waals surface area contributed by atoms with Crippen LogP contribution in [0.4, 0.5) is 0 Å². The molecule has 0 aromatic carbocycles. The Balaban J connectivity index is 1.28. The van der Waals surface area contributed by atoms with E-state index in [1.54, 1.807) is 20.8 Å². The number of nitrogens with zero attached hydrogens (tertiary/aromatic N) is 1. The molecule has 8 amide bonds. The molecule has 115 heavy (non-hydrogen) atoms. The SMILES string of the molecule is [CH2-]P(=O)(O)OC[C@@H]1C[C@@H](O)CN1C(=O)CCCCCCCCCCC(=O)NC(COCCC(=O)NCCCNC(=O)CCCCOC1OC(CO)C(O)C(O)C1C)(COCCC(=O)NCCCNC(=O)CCCCOC1OC(CO)C(O)C(O)C1C)COCCC(=O)NCCCNC(=O)CCCCOC1OC(CO)C(O)C(O)C1C. The molecule has 16 unspecified atom stereocenters. The summed E-state index contributed by atoms with van der Waals surface area (Å²) < 4.78 is 68.8. The average Bonchev–Trinajstić information content (AvgIpc) is 1.71. The van der Waals surface area contributed by atoms with Crippen LogP contribution in [-0.2, 0) is 90.1 Å². The van der Waals surface area contributed by atoms with Crippen LogP contribution in [0.2, 0.25) is 0 Å². The molecule has 668 valence electrons. The molecule has 39 heteroatoms. The Kier molecular flexibility index (Phi) is 51.8. The number of carbonyl (C=O) groups excluding carboxylic acids is 8. The number of hydrogen-bond acceptors (Lipinski definition) is 29. The Bertz CT molecular complexity index is 2590. The number of amides is 8. The third kappa shape index (κ3) is 41.8. The first-order chi connectivity index (χ1) is 55.0. The van der Waals surface area contributed by atoms with E-state index in [4.69, 9.17) is 47.2 Å². The van der Waals surface area contributed by atoms with Gasteiger partial charge >= 0.3 is 0 Å². The zero-order chi connectivity index (χ0) is 84.6. The maximum atomic E-state index is 14.0. The molecule has 0 aromatic heterocycles. The number of likely N-dealkylation sites (tertiary alicyclic amines) is 1. The van der Waals surface area contributed by atoms with Gasteiger partial charge in [0.05, 0.1) is 96.5 Å². The topological polar surface area (TPSA) is 556 Å². The van der Waals surface area contributed by atoms with E-state index in [0.29, 0.717) is 77.0 Å². The predicted molar refractivity (Wildman–Crippen MR) is 413 cm³/mol. The first kappa shape index (κ1) is 102. The van der Waals surface area contributed by atoms with Crippen LogP contribution in [0.25, 0.3) is 0 Å². The number of hydrogen-bond donors (Lipinski definition) is 18. The first-order valence-corrected chi connectivity index (χ1v) is 42.9. The number of nitrogens with one attached hydrogen (secondary N) is 7. The summed E-state index contributed by atoms with van der Waals surface area (Å²) in [5.41, 5.74) is -1.41. The van der Waals surface area contributed by atoms with Gasteiger partial charge in [0.25, 0.3) is 0 Å². The molecule has 0 spiro atoms. The average molecular weight is 1670 g/mol. The van der Waals surface area contributed by atoms with E-state index in [-0.39, 0.29) is 217 Å². The molecule has 38 nitrogen and oxygen atoms in total. The van der Waals surface area contributed by atoms with Gasteiger partial charge in [-0.15, -0.1) is 0 Å². The van der Waals surface area contributed by atoms with Crippen molar-refractivity contribution in [1.29, 1.82) is 0 Å². The number of carbonyl (C=O) groups is 8. The quantitative estimate of drug-likeness (QED) is 0.0189. The number of ether oxygens (including phenoxy) is 9. The van der Waals surface area contributed by atoms with E-state index in [0.717, 1.165) is 32.1 Å². The zero-order valence-corrected chi connectivity index (χ0v) is 68.5. The molecule has 4 aliphatic rings. The normalized spacial score (nSPS) is 26.6. The van der Waals surface area contributed by atoms with Crippen molar-refractivity contribution in [3.05, 3.63) is 6.66 Å². The Morgan fingerprint density at radius 3 is 1.03 bits per heavy atom. The van der Waals surface area contributed by atoms with E-state index >= 15 is 0 Å². The van der Waals surface area contributed by atoms with Gasteiger partial charge in [0.2, 0.25) is 47.3 Å². The van der Waals surface area contributed by atoms with Crippen molar-refractivity contribution >= 4 is 54.9 Å². The van der Waals surface area contributed by atoms with E-state index < -0.39 is 137 Å². The largest absolute Gasteiger partial charge is 0.394 e. The van der Waals surface area contributed by atoms with Crippen LogP contribution >= 0.6 is 7.60 Å². The second-order valence-corrected chi connectivity index (χ2v) is 32.0. The highest BCUT2D eigenvalue weighted by Gasteiger charge is 2.45. The highest BCUT2D eigenvalue weighted by molar-refractivity contribution is 7.54. The maximum absolute atomic E-state index is 14.0. The number of aliphatic hydroxyl groups is 10. The van der Waals surface area contributed by atoms with Gasteiger partial charge in [0, 0.05) is 135 Å². The smallest absolute Gasteiger partial charge is 0.222 e. The van der Waals surface area contributed by atoms with Crippen LogP contribution in [0.3, 0.4) is 0 Å². The third-order valence-electron chi connectivity index (χ3n) is 20.5. The van der Waals surface area contributed by atoms with Crippen LogP contribution in [0.15, 0.2) is 0 Å². The lowest BCUT2D eigenvalue weighted by Gasteiger charge is -2.40. The van der Waals surface area contributed by atoms with Gasteiger partial charge in [-0.2, -0.15) is 0 Å². The van der Waals surface area contributed by atoms with Crippen molar-refractivity contribution in [1.82, 2.24) is 42.1 Å². The molecule has 0 radical (unpaired) electrons. The molecule has 0 aromatic rings. The molecular formula is C76H138N8O30P-. The first-order valence-electron chi connectivity index (χ1n) is 41.2. The van der Waals surface area contributed by atoms with Gasteiger partial charge in [0.15, 0.2) is 26.5 Å². The van der Waals surface area contributed by atoms with Crippen molar-refractivity contribution in [2.75, 3.05) is 132 Å². The van der Waals surface area contributed by atoms with Gasteiger partial charge in [-0.1, -0.05) is 59.3 Å². The van der Waals surface area contributed by atoms with Crippen molar-refractivity contribution in [2.24, 2.45) is 17.8 Å². The van der Waals surface area contributed by atoms with Gasteiger partial charge in [-0.25, -0.2) is 6.66 Å². The minimum atomic E-state index is -4.00. The van der Waals surface area contributed by atoms with Crippen molar-refractivity contribution in [3.8, 4) is 0 Å². The van der Waals surface area contributed by atoms with Crippen LogP contribution in [0.5, 0.6) is 0 Å². The number of rotatable bonds is 63.